The molecule has 1 N–H and O–H groups in total. The summed E-state index contributed by atoms with van der Waals surface area (Å²) < 4.78 is 10.2. The third kappa shape index (κ3) is 3.19. The second-order valence-electron chi connectivity index (χ2n) is 6.10. The minimum atomic E-state index is -0.528. The maximum absolute atomic E-state index is 12.0. The molecule has 100 valence electrons. The number of methoxy groups -OCH3 is 2. The topological polar surface area (TPSA) is 47.6 Å². The first-order valence-corrected chi connectivity index (χ1v) is 6.14. The number of nitrogens with one attached hydrogen (secondary N) is 1. The number of esters is 1. The number of carbonyl (C=O) groups excluding carboxylic acids is 1. The van der Waals surface area contributed by atoms with Gasteiger partial charge in [0.05, 0.1) is 13.7 Å². The van der Waals surface area contributed by atoms with Crippen LogP contribution in [0.3, 0.4) is 0 Å². The fourth-order valence-electron chi connectivity index (χ4n) is 2.53. The van der Waals surface area contributed by atoms with E-state index >= 15 is 0 Å². The summed E-state index contributed by atoms with van der Waals surface area (Å²) in [5, 5.41) is 3.35. The normalized spacial score (nSPS) is 30.1. The molecule has 0 spiro atoms. The highest BCUT2D eigenvalue weighted by atomic mass is 16.5. The number of ether oxygens (including phenoxy) is 2. The van der Waals surface area contributed by atoms with Gasteiger partial charge < -0.3 is 14.8 Å². The molecular formula is C13H25NO3. The molecule has 4 heteroatoms. The molecule has 4 nitrogen and oxygen atoms in total. The first kappa shape index (κ1) is 14.5. The minimum absolute atomic E-state index is 0.166. The number of hydrogen-bond acceptors (Lipinski definition) is 4. The van der Waals surface area contributed by atoms with Crippen LogP contribution in [0, 0.1) is 16.7 Å². The molecule has 1 aliphatic heterocycles. The maximum Gasteiger partial charge on any atom is 0.315 e. The van der Waals surface area contributed by atoms with Gasteiger partial charge in [0.25, 0.3) is 0 Å². The summed E-state index contributed by atoms with van der Waals surface area (Å²) in [7, 11) is 3.08. The monoisotopic (exact) mass is 243 g/mol. The van der Waals surface area contributed by atoms with Gasteiger partial charge in [0.15, 0.2) is 0 Å². The van der Waals surface area contributed by atoms with Crippen molar-refractivity contribution in [2.24, 2.45) is 16.7 Å². The Bertz CT molecular complexity index is 268. The van der Waals surface area contributed by atoms with Gasteiger partial charge >= 0.3 is 5.97 Å². The van der Waals surface area contributed by atoms with Crippen LogP contribution in [-0.4, -0.2) is 39.9 Å². The molecule has 0 aromatic rings. The lowest BCUT2D eigenvalue weighted by Crippen LogP contribution is -2.54. The van der Waals surface area contributed by atoms with Gasteiger partial charge in [0, 0.05) is 13.7 Å². The Hall–Kier alpha value is -0.610. The summed E-state index contributed by atoms with van der Waals surface area (Å²) in [6.07, 6.45) is 0.823. The predicted molar refractivity (Wildman–Crippen MR) is 66.8 cm³/mol. The van der Waals surface area contributed by atoms with E-state index in [1.54, 1.807) is 7.11 Å². The lowest BCUT2D eigenvalue weighted by atomic mass is 9.68. The third-order valence-corrected chi connectivity index (χ3v) is 3.76. The fraction of sp³-hybridized carbons (Fsp3) is 0.923. The Balaban J connectivity index is 2.87. The first-order valence-electron chi connectivity index (χ1n) is 6.14. The maximum atomic E-state index is 12.0. The van der Waals surface area contributed by atoms with Crippen LogP contribution in [0.1, 0.15) is 27.2 Å². The van der Waals surface area contributed by atoms with E-state index in [0.29, 0.717) is 19.1 Å². The third-order valence-electron chi connectivity index (χ3n) is 3.76. The van der Waals surface area contributed by atoms with Gasteiger partial charge in [0.2, 0.25) is 0 Å². The number of piperidine rings is 1. The fourth-order valence-corrected chi connectivity index (χ4v) is 2.53. The summed E-state index contributed by atoms with van der Waals surface area (Å²) in [4.78, 5) is 12.0. The van der Waals surface area contributed by atoms with E-state index in [0.717, 1.165) is 13.0 Å². The molecule has 0 saturated carbocycles. The van der Waals surface area contributed by atoms with Crippen LogP contribution < -0.4 is 5.32 Å². The molecular weight excluding hydrogens is 218 g/mol. The minimum Gasteiger partial charge on any atom is -0.468 e. The van der Waals surface area contributed by atoms with Crippen LogP contribution in [0.15, 0.2) is 0 Å². The van der Waals surface area contributed by atoms with Gasteiger partial charge in [-0.05, 0) is 24.3 Å². The molecule has 1 rings (SSSR count). The Morgan fingerprint density at radius 1 is 1.41 bits per heavy atom. The molecule has 0 aromatic heterocycles. The van der Waals surface area contributed by atoms with Gasteiger partial charge in [-0.1, -0.05) is 20.8 Å². The van der Waals surface area contributed by atoms with Crippen LogP contribution in [0.25, 0.3) is 0 Å². The number of hydrogen-bond donors (Lipinski definition) is 1. The zero-order chi connectivity index (χ0) is 13.1. The smallest absolute Gasteiger partial charge is 0.315 e. The SMILES string of the molecule is COC[C@]1(C(=O)OC)CNC[C@H](C(C)(C)C)C1. The highest BCUT2D eigenvalue weighted by Gasteiger charge is 2.46. The van der Waals surface area contributed by atoms with Crippen LogP contribution in [0.5, 0.6) is 0 Å². The van der Waals surface area contributed by atoms with Gasteiger partial charge in [0.1, 0.15) is 5.41 Å². The predicted octanol–water partition coefficient (Wildman–Crippen LogP) is 1.45. The molecule has 0 aliphatic carbocycles. The van der Waals surface area contributed by atoms with E-state index in [1.165, 1.54) is 7.11 Å². The Morgan fingerprint density at radius 2 is 2.06 bits per heavy atom. The first-order chi connectivity index (χ1) is 7.85. The van der Waals surface area contributed by atoms with Crippen LogP contribution in [0.2, 0.25) is 0 Å². The van der Waals surface area contributed by atoms with E-state index < -0.39 is 5.41 Å². The van der Waals surface area contributed by atoms with E-state index in [2.05, 4.69) is 26.1 Å². The van der Waals surface area contributed by atoms with Crippen LogP contribution in [0.4, 0.5) is 0 Å². The summed E-state index contributed by atoms with van der Waals surface area (Å²) in [6, 6.07) is 0. The zero-order valence-electron chi connectivity index (χ0n) is 11.6. The zero-order valence-corrected chi connectivity index (χ0v) is 11.6. The van der Waals surface area contributed by atoms with E-state index in [1.807, 2.05) is 0 Å². The second-order valence-corrected chi connectivity index (χ2v) is 6.10. The van der Waals surface area contributed by atoms with Crippen molar-refractivity contribution in [2.75, 3.05) is 33.9 Å². The van der Waals surface area contributed by atoms with Gasteiger partial charge in [-0.25, -0.2) is 0 Å². The van der Waals surface area contributed by atoms with Gasteiger partial charge in [-0.2, -0.15) is 0 Å². The average molecular weight is 243 g/mol. The van der Waals surface area contributed by atoms with Crippen molar-refractivity contribution in [1.29, 1.82) is 0 Å². The van der Waals surface area contributed by atoms with Crippen molar-refractivity contribution in [2.45, 2.75) is 27.2 Å². The molecule has 0 amide bonds. The highest BCUT2D eigenvalue weighted by Crippen LogP contribution is 2.39. The highest BCUT2D eigenvalue weighted by molar-refractivity contribution is 5.77. The Labute approximate surface area is 104 Å². The molecule has 1 saturated heterocycles. The molecule has 0 unspecified atom stereocenters. The lowest BCUT2D eigenvalue weighted by molar-refractivity contribution is -0.159. The summed E-state index contributed by atoms with van der Waals surface area (Å²) in [5.74, 6) is 0.284. The molecule has 1 heterocycles. The van der Waals surface area contributed by atoms with Crippen molar-refractivity contribution in [3.05, 3.63) is 0 Å². The molecule has 17 heavy (non-hydrogen) atoms. The lowest BCUT2D eigenvalue weighted by Gasteiger charge is -2.43. The number of rotatable bonds is 3. The van der Waals surface area contributed by atoms with Crippen molar-refractivity contribution >= 4 is 5.97 Å². The summed E-state index contributed by atoms with van der Waals surface area (Å²) >= 11 is 0. The van der Waals surface area contributed by atoms with Crippen molar-refractivity contribution < 1.29 is 14.3 Å². The summed E-state index contributed by atoms with van der Waals surface area (Å²) in [6.45, 7) is 8.63. The largest absolute Gasteiger partial charge is 0.468 e. The standard InChI is InChI=1S/C13H25NO3/c1-12(2,3)10-6-13(9-16-4,8-14-7-10)11(15)17-5/h10,14H,6-9H2,1-5H3/t10-,13-/m1/s1. The molecule has 0 aromatic carbocycles. The van der Waals surface area contributed by atoms with Crippen molar-refractivity contribution in [1.82, 2.24) is 5.32 Å². The second kappa shape index (κ2) is 5.36. The Morgan fingerprint density at radius 3 is 2.53 bits per heavy atom. The van der Waals surface area contributed by atoms with Gasteiger partial charge in [-0.15, -0.1) is 0 Å². The number of carbonyl (C=O) groups is 1. The van der Waals surface area contributed by atoms with Crippen molar-refractivity contribution in [3.63, 3.8) is 0 Å². The van der Waals surface area contributed by atoms with Crippen LogP contribution >= 0.6 is 0 Å². The molecule has 0 radical (unpaired) electrons. The summed E-state index contributed by atoms with van der Waals surface area (Å²) in [5.41, 5.74) is -0.347. The Kier molecular flexibility index (Phi) is 4.55. The van der Waals surface area contributed by atoms with Crippen molar-refractivity contribution in [3.8, 4) is 0 Å². The molecule has 2 atom stereocenters. The van der Waals surface area contributed by atoms with E-state index in [4.69, 9.17) is 9.47 Å². The average Bonchev–Trinajstić information content (AvgIpc) is 2.27. The quantitative estimate of drug-likeness (QED) is 0.762. The van der Waals surface area contributed by atoms with E-state index in [-0.39, 0.29) is 11.4 Å². The molecule has 1 fully saturated rings. The molecule has 1 aliphatic rings. The van der Waals surface area contributed by atoms with Crippen LogP contribution in [-0.2, 0) is 14.3 Å². The molecule has 0 bridgehead atoms. The van der Waals surface area contributed by atoms with Gasteiger partial charge in [-0.3, -0.25) is 4.79 Å². The van der Waals surface area contributed by atoms with E-state index in [9.17, 15) is 4.79 Å².